The van der Waals surface area contributed by atoms with Crippen LogP contribution in [0.2, 0.25) is 0 Å². The summed E-state index contributed by atoms with van der Waals surface area (Å²) in [6.07, 6.45) is 0. The summed E-state index contributed by atoms with van der Waals surface area (Å²) >= 11 is 0. The topological polar surface area (TPSA) is 42.2 Å². The smallest absolute Gasteiger partial charge is 0.209 e. The van der Waals surface area contributed by atoms with E-state index in [1.807, 2.05) is 60.7 Å². The number of hydrogen-bond acceptors (Lipinski definition) is 3. The lowest BCUT2D eigenvalue weighted by Crippen LogP contribution is -2.09. The van der Waals surface area contributed by atoms with Crippen molar-refractivity contribution in [1.82, 2.24) is 0 Å². The summed E-state index contributed by atoms with van der Waals surface area (Å²) in [4.78, 5) is 12.3. The van der Waals surface area contributed by atoms with Crippen LogP contribution in [0.3, 0.4) is 0 Å². The third-order valence-corrected chi connectivity index (χ3v) is 3.29. The van der Waals surface area contributed by atoms with E-state index in [-0.39, 0.29) is 5.43 Å². The molecule has 0 unspecified atom stereocenters. The first kappa shape index (κ1) is 13.2. The average Bonchev–Trinajstić information content (AvgIpc) is 2.55. The van der Waals surface area contributed by atoms with Gasteiger partial charge in [-0.2, -0.15) is 0 Å². The van der Waals surface area contributed by atoms with Crippen LogP contribution in [0.5, 0.6) is 0 Å². The van der Waals surface area contributed by atoms with E-state index >= 15 is 0 Å². The van der Waals surface area contributed by atoms with Crippen molar-refractivity contribution >= 4 is 5.69 Å². The van der Waals surface area contributed by atoms with Crippen LogP contribution in [-0.2, 0) is 0 Å². The summed E-state index contributed by atoms with van der Waals surface area (Å²) in [5, 5.41) is 2.93. The largest absolute Gasteiger partial charge is 0.454 e. The Hall–Kier alpha value is -2.81. The molecule has 0 radical (unpaired) electrons. The lowest BCUT2D eigenvalue weighted by molar-refractivity contribution is 0.582. The molecule has 0 aliphatic heterocycles. The summed E-state index contributed by atoms with van der Waals surface area (Å²) in [5.41, 5.74) is 2.15. The molecule has 0 atom stereocenters. The van der Waals surface area contributed by atoms with Gasteiger partial charge in [0, 0.05) is 24.2 Å². The zero-order valence-corrected chi connectivity index (χ0v) is 11.7. The zero-order valence-electron chi connectivity index (χ0n) is 11.7. The van der Waals surface area contributed by atoms with E-state index in [2.05, 4.69) is 5.32 Å². The van der Waals surface area contributed by atoms with Gasteiger partial charge in [0.05, 0.1) is 0 Å². The summed E-state index contributed by atoms with van der Waals surface area (Å²) in [5.74, 6) is 1.13. The standard InChI is InChI=1S/C18H15NO2/c1-19-17-15(20)12-16(13-8-4-2-5-9-13)21-18(17)14-10-6-3-7-11-14/h2-12,19H,1H3. The lowest BCUT2D eigenvalue weighted by atomic mass is 10.1. The highest BCUT2D eigenvalue weighted by Gasteiger charge is 2.13. The second-order valence-corrected chi connectivity index (χ2v) is 4.66. The first-order valence-corrected chi connectivity index (χ1v) is 6.76. The second kappa shape index (κ2) is 5.67. The Morgan fingerprint density at radius 2 is 1.43 bits per heavy atom. The lowest BCUT2D eigenvalue weighted by Gasteiger charge is -2.10. The van der Waals surface area contributed by atoms with Crippen LogP contribution in [0.15, 0.2) is 75.9 Å². The fourth-order valence-corrected chi connectivity index (χ4v) is 2.27. The molecule has 3 rings (SSSR count). The Labute approximate surface area is 122 Å². The minimum atomic E-state index is -0.0820. The molecule has 3 nitrogen and oxygen atoms in total. The fourth-order valence-electron chi connectivity index (χ4n) is 2.27. The van der Waals surface area contributed by atoms with Gasteiger partial charge in [-0.1, -0.05) is 60.7 Å². The quantitative estimate of drug-likeness (QED) is 0.786. The maximum Gasteiger partial charge on any atom is 0.209 e. The van der Waals surface area contributed by atoms with Crippen LogP contribution in [0.4, 0.5) is 5.69 Å². The van der Waals surface area contributed by atoms with Crippen molar-refractivity contribution in [2.75, 3.05) is 12.4 Å². The van der Waals surface area contributed by atoms with Gasteiger partial charge in [0.15, 0.2) is 5.76 Å². The van der Waals surface area contributed by atoms with Crippen molar-refractivity contribution in [3.8, 4) is 22.6 Å². The van der Waals surface area contributed by atoms with Gasteiger partial charge in [-0.05, 0) is 0 Å². The van der Waals surface area contributed by atoms with E-state index in [9.17, 15) is 4.79 Å². The predicted octanol–water partition coefficient (Wildman–Crippen LogP) is 4.02. The molecule has 0 saturated carbocycles. The van der Waals surface area contributed by atoms with Gasteiger partial charge < -0.3 is 9.73 Å². The van der Waals surface area contributed by atoms with Gasteiger partial charge in [-0.3, -0.25) is 4.79 Å². The normalized spacial score (nSPS) is 10.3. The van der Waals surface area contributed by atoms with Crippen molar-refractivity contribution in [2.45, 2.75) is 0 Å². The molecule has 1 heterocycles. The molecule has 0 bridgehead atoms. The molecule has 21 heavy (non-hydrogen) atoms. The number of hydrogen-bond donors (Lipinski definition) is 1. The fraction of sp³-hybridized carbons (Fsp3) is 0.0556. The third-order valence-electron chi connectivity index (χ3n) is 3.29. The van der Waals surface area contributed by atoms with Crippen LogP contribution >= 0.6 is 0 Å². The molecule has 0 spiro atoms. The monoisotopic (exact) mass is 277 g/mol. The molecule has 3 aromatic rings. The first-order chi connectivity index (χ1) is 10.3. The van der Waals surface area contributed by atoms with E-state index in [0.717, 1.165) is 11.1 Å². The van der Waals surface area contributed by atoms with E-state index in [1.165, 1.54) is 6.07 Å². The summed E-state index contributed by atoms with van der Waals surface area (Å²) < 4.78 is 5.99. The zero-order chi connectivity index (χ0) is 14.7. The third kappa shape index (κ3) is 2.58. The first-order valence-electron chi connectivity index (χ1n) is 6.76. The highest BCUT2D eigenvalue weighted by molar-refractivity contribution is 5.74. The molecule has 0 aliphatic carbocycles. The molecular weight excluding hydrogens is 262 g/mol. The Kier molecular flexibility index (Phi) is 3.56. The molecule has 1 N–H and O–H groups in total. The highest BCUT2D eigenvalue weighted by atomic mass is 16.3. The van der Waals surface area contributed by atoms with E-state index < -0.39 is 0 Å². The number of anilines is 1. The van der Waals surface area contributed by atoms with Crippen LogP contribution in [0.25, 0.3) is 22.6 Å². The maximum absolute atomic E-state index is 12.3. The molecule has 0 amide bonds. The maximum atomic E-state index is 12.3. The number of nitrogens with one attached hydrogen (secondary N) is 1. The molecule has 0 fully saturated rings. The van der Waals surface area contributed by atoms with E-state index in [4.69, 9.17) is 4.42 Å². The second-order valence-electron chi connectivity index (χ2n) is 4.66. The summed E-state index contributed by atoms with van der Waals surface area (Å²) in [6, 6.07) is 20.8. The molecule has 3 heteroatoms. The SMILES string of the molecule is CNc1c(-c2ccccc2)oc(-c2ccccc2)cc1=O. The molecule has 1 aromatic heterocycles. The van der Waals surface area contributed by atoms with Gasteiger partial charge in [-0.15, -0.1) is 0 Å². The predicted molar refractivity (Wildman–Crippen MR) is 85.4 cm³/mol. The van der Waals surface area contributed by atoms with Crippen LogP contribution in [-0.4, -0.2) is 7.05 Å². The van der Waals surface area contributed by atoms with E-state index in [1.54, 1.807) is 7.05 Å². The average molecular weight is 277 g/mol. The van der Waals surface area contributed by atoms with Gasteiger partial charge >= 0.3 is 0 Å². The Morgan fingerprint density at radius 1 is 0.857 bits per heavy atom. The molecular formula is C18H15NO2. The number of rotatable bonds is 3. The Balaban J connectivity index is 2.23. The Morgan fingerprint density at radius 3 is 2.00 bits per heavy atom. The van der Waals surface area contributed by atoms with Gasteiger partial charge in [0.25, 0.3) is 0 Å². The minimum Gasteiger partial charge on any atom is -0.454 e. The van der Waals surface area contributed by atoms with Crippen molar-refractivity contribution < 1.29 is 4.42 Å². The number of benzene rings is 2. The van der Waals surface area contributed by atoms with Crippen molar-refractivity contribution in [2.24, 2.45) is 0 Å². The minimum absolute atomic E-state index is 0.0820. The van der Waals surface area contributed by atoms with Crippen LogP contribution < -0.4 is 10.7 Å². The molecule has 104 valence electrons. The van der Waals surface area contributed by atoms with Gasteiger partial charge in [0.1, 0.15) is 11.4 Å². The van der Waals surface area contributed by atoms with E-state index in [0.29, 0.717) is 17.2 Å². The van der Waals surface area contributed by atoms with Crippen LogP contribution in [0, 0.1) is 0 Å². The summed E-state index contributed by atoms with van der Waals surface area (Å²) in [6.45, 7) is 0. The van der Waals surface area contributed by atoms with Crippen molar-refractivity contribution in [3.05, 3.63) is 77.0 Å². The van der Waals surface area contributed by atoms with Gasteiger partial charge in [-0.25, -0.2) is 0 Å². The molecule has 0 saturated heterocycles. The van der Waals surface area contributed by atoms with Crippen molar-refractivity contribution in [1.29, 1.82) is 0 Å². The molecule has 2 aromatic carbocycles. The highest BCUT2D eigenvalue weighted by Crippen LogP contribution is 2.29. The van der Waals surface area contributed by atoms with Crippen LogP contribution in [0.1, 0.15) is 0 Å². The van der Waals surface area contributed by atoms with Crippen molar-refractivity contribution in [3.63, 3.8) is 0 Å². The Bertz CT molecular complexity index is 792. The molecule has 0 aliphatic rings. The summed E-state index contributed by atoms with van der Waals surface area (Å²) in [7, 11) is 1.72. The van der Waals surface area contributed by atoms with Gasteiger partial charge in [0.2, 0.25) is 5.43 Å².